The highest BCUT2D eigenvalue weighted by molar-refractivity contribution is 5.93. The summed E-state index contributed by atoms with van der Waals surface area (Å²) in [7, 11) is 1.40. The van der Waals surface area contributed by atoms with E-state index in [-0.39, 0.29) is 18.7 Å². The largest absolute Gasteiger partial charge is 0.481 e. The highest BCUT2D eigenvalue weighted by Crippen LogP contribution is 2.08. The van der Waals surface area contributed by atoms with E-state index in [1.165, 1.54) is 13.3 Å². The van der Waals surface area contributed by atoms with E-state index in [0.717, 1.165) is 0 Å². The molecule has 0 aliphatic carbocycles. The number of fused-ring (bicyclic) bond motifs is 1. The van der Waals surface area contributed by atoms with E-state index in [1.54, 1.807) is 12.1 Å². The van der Waals surface area contributed by atoms with Crippen molar-refractivity contribution in [1.29, 1.82) is 0 Å². The number of aliphatic carboxylic acids is 1. The Morgan fingerprint density at radius 2 is 2.05 bits per heavy atom. The lowest BCUT2D eigenvalue weighted by Gasteiger charge is -2.13. The minimum Gasteiger partial charge on any atom is -0.481 e. The van der Waals surface area contributed by atoms with Crippen LogP contribution in [0.15, 0.2) is 30.5 Å². The van der Waals surface area contributed by atoms with Crippen LogP contribution in [0.2, 0.25) is 0 Å². The summed E-state index contributed by atoms with van der Waals surface area (Å²) in [6.07, 6.45) is 0.622. The molecule has 21 heavy (non-hydrogen) atoms. The molecule has 1 aromatic carbocycles. The Morgan fingerprint density at radius 1 is 1.33 bits per heavy atom. The Balaban J connectivity index is 2.03. The number of carbonyl (C=O) groups excluding carboxylic acids is 1. The van der Waals surface area contributed by atoms with Crippen LogP contribution in [-0.4, -0.2) is 46.7 Å². The average molecular weight is 289 g/mol. The summed E-state index contributed by atoms with van der Waals surface area (Å²) in [4.78, 5) is 30.9. The smallest absolute Gasteiger partial charge is 0.306 e. The SMILES string of the molecule is COC(CNC(=O)c1cnc2ccccc2n1)CC(=O)O. The molecule has 7 nitrogen and oxygen atoms in total. The first-order chi connectivity index (χ1) is 10.1. The second-order valence-corrected chi connectivity index (χ2v) is 4.41. The van der Waals surface area contributed by atoms with Gasteiger partial charge in [0.15, 0.2) is 0 Å². The van der Waals surface area contributed by atoms with Crippen LogP contribution in [0.4, 0.5) is 0 Å². The third-order valence-corrected chi connectivity index (χ3v) is 2.91. The topological polar surface area (TPSA) is 101 Å². The number of amides is 1. The number of nitrogens with one attached hydrogen (secondary N) is 1. The highest BCUT2D eigenvalue weighted by atomic mass is 16.5. The van der Waals surface area contributed by atoms with Crippen molar-refractivity contribution in [3.8, 4) is 0 Å². The van der Waals surface area contributed by atoms with Crippen LogP contribution in [0, 0.1) is 0 Å². The van der Waals surface area contributed by atoms with Gasteiger partial charge >= 0.3 is 5.97 Å². The van der Waals surface area contributed by atoms with Gasteiger partial charge in [0.25, 0.3) is 5.91 Å². The molecule has 0 fully saturated rings. The van der Waals surface area contributed by atoms with E-state index in [0.29, 0.717) is 11.0 Å². The fourth-order valence-electron chi connectivity index (χ4n) is 1.80. The molecule has 1 atom stereocenters. The van der Waals surface area contributed by atoms with Gasteiger partial charge < -0.3 is 15.2 Å². The van der Waals surface area contributed by atoms with Gasteiger partial charge in [0.05, 0.1) is 29.8 Å². The van der Waals surface area contributed by atoms with Crippen molar-refractivity contribution in [3.05, 3.63) is 36.2 Å². The second-order valence-electron chi connectivity index (χ2n) is 4.41. The molecule has 0 saturated heterocycles. The molecule has 0 radical (unpaired) electrons. The van der Waals surface area contributed by atoms with Gasteiger partial charge in [-0.05, 0) is 12.1 Å². The molecule has 2 N–H and O–H groups in total. The molecular formula is C14H15N3O4. The maximum absolute atomic E-state index is 12.0. The van der Waals surface area contributed by atoms with E-state index >= 15 is 0 Å². The van der Waals surface area contributed by atoms with Crippen LogP contribution in [-0.2, 0) is 9.53 Å². The van der Waals surface area contributed by atoms with Gasteiger partial charge in [-0.3, -0.25) is 14.6 Å². The van der Waals surface area contributed by atoms with E-state index in [4.69, 9.17) is 9.84 Å². The highest BCUT2D eigenvalue weighted by Gasteiger charge is 2.15. The zero-order chi connectivity index (χ0) is 15.2. The van der Waals surface area contributed by atoms with Crippen molar-refractivity contribution in [1.82, 2.24) is 15.3 Å². The lowest BCUT2D eigenvalue weighted by Crippen LogP contribution is -2.34. The third-order valence-electron chi connectivity index (χ3n) is 2.91. The van der Waals surface area contributed by atoms with Crippen LogP contribution in [0.5, 0.6) is 0 Å². The lowest BCUT2D eigenvalue weighted by molar-refractivity contribution is -0.139. The van der Waals surface area contributed by atoms with Gasteiger partial charge in [-0.15, -0.1) is 0 Å². The average Bonchev–Trinajstić information content (AvgIpc) is 2.50. The number of methoxy groups -OCH3 is 1. The summed E-state index contributed by atoms with van der Waals surface area (Å²) < 4.78 is 4.99. The van der Waals surface area contributed by atoms with Crippen molar-refractivity contribution in [3.63, 3.8) is 0 Å². The van der Waals surface area contributed by atoms with Crippen LogP contribution >= 0.6 is 0 Å². The van der Waals surface area contributed by atoms with Crippen molar-refractivity contribution < 1.29 is 19.4 Å². The summed E-state index contributed by atoms with van der Waals surface area (Å²) in [6, 6.07) is 7.22. The fraction of sp³-hybridized carbons (Fsp3) is 0.286. The van der Waals surface area contributed by atoms with E-state index < -0.39 is 18.0 Å². The minimum absolute atomic E-state index is 0.0934. The lowest BCUT2D eigenvalue weighted by atomic mass is 10.2. The number of aromatic nitrogens is 2. The van der Waals surface area contributed by atoms with Crippen molar-refractivity contribution in [2.75, 3.05) is 13.7 Å². The fourth-order valence-corrected chi connectivity index (χ4v) is 1.80. The van der Waals surface area contributed by atoms with Gasteiger partial charge in [-0.2, -0.15) is 0 Å². The molecule has 1 amide bonds. The number of rotatable bonds is 6. The first-order valence-electron chi connectivity index (χ1n) is 6.34. The van der Waals surface area contributed by atoms with E-state index in [1.807, 2.05) is 12.1 Å². The molecule has 7 heteroatoms. The zero-order valence-corrected chi connectivity index (χ0v) is 11.4. The standard InChI is InChI=1S/C14H15N3O4/c1-21-9(6-13(18)19)7-16-14(20)12-8-15-10-4-2-3-5-11(10)17-12/h2-5,8-9H,6-7H2,1H3,(H,16,20)(H,18,19). The molecule has 0 spiro atoms. The van der Waals surface area contributed by atoms with Gasteiger partial charge in [0.1, 0.15) is 5.69 Å². The number of hydrogen-bond acceptors (Lipinski definition) is 5. The van der Waals surface area contributed by atoms with Crippen LogP contribution in [0.1, 0.15) is 16.9 Å². The summed E-state index contributed by atoms with van der Waals surface area (Å²) in [5.74, 6) is -1.40. The Kier molecular flexibility index (Phi) is 4.78. The van der Waals surface area contributed by atoms with Crippen LogP contribution in [0.3, 0.4) is 0 Å². The van der Waals surface area contributed by atoms with Gasteiger partial charge in [0.2, 0.25) is 0 Å². The number of hydrogen-bond donors (Lipinski definition) is 2. The Morgan fingerprint density at radius 3 is 2.71 bits per heavy atom. The molecule has 110 valence electrons. The third kappa shape index (κ3) is 3.96. The molecule has 2 aromatic rings. The molecule has 0 aliphatic rings. The molecule has 0 bridgehead atoms. The molecule has 2 rings (SSSR count). The molecule has 0 saturated carbocycles. The number of carbonyl (C=O) groups is 2. The molecular weight excluding hydrogens is 274 g/mol. The van der Waals surface area contributed by atoms with E-state index in [2.05, 4.69) is 15.3 Å². The maximum atomic E-state index is 12.0. The molecule has 0 aliphatic heterocycles. The quantitative estimate of drug-likeness (QED) is 0.817. The summed E-state index contributed by atoms with van der Waals surface area (Å²) >= 11 is 0. The Bertz CT molecular complexity index is 659. The predicted molar refractivity (Wildman–Crippen MR) is 74.9 cm³/mol. The molecule has 1 unspecified atom stereocenters. The zero-order valence-electron chi connectivity index (χ0n) is 11.4. The number of carboxylic acids is 1. The van der Waals surface area contributed by atoms with E-state index in [9.17, 15) is 9.59 Å². The molecule has 1 heterocycles. The molecule has 1 aromatic heterocycles. The van der Waals surface area contributed by atoms with Gasteiger partial charge in [-0.25, -0.2) is 4.98 Å². The first-order valence-corrected chi connectivity index (χ1v) is 6.34. The van der Waals surface area contributed by atoms with Crippen LogP contribution in [0.25, 0.3) is 11.0 Å². The number of para-hydroxylation sites is 2. The van der Waals surface area contributed by atoms with Crippen molar-refractivity contribution in [2.45, 2.75) is 12.5 Å². The second kappa shape index (κ2) is 6.76. The number of ether oxygens (including phenoxy) is 1. The number of carboxylic acid groups (broad SMARTS) is 1. The Labute approximate surface area is 121 Å². The monoisotopic (exact) mass is 289 g/mol. The normalized spacial score (nSPS) is 12.0. The first kappa shape index (κ1) is 14.9. The van der Waals surface area contributed by atoms with Gasteiger partial charge in [0, 0.05) is 13.7 Å². The summed E-state index contributed by atoms with van der Waals surface area (Å²) in [6.45, 7) is 0.0934. The van der Waals surface area contributed by atoms with Crippen molar-refractivity contribution >= 4 is 22.9 Å². The Hall–Kier alpha value is -2.54. The number of nitrogens with zero attached hydrogens (tertiary/aromatic N) is 2. The van der Waals surface area contributed by atoms with Crippen molar-refractivity contribution in [2.24, 2.45) is 0 Å². The predicted octanol–water partition coefficient (Wildman–Crippen LogP) is 0.849. The van der Waals surface area contributed by atoms with Crippen LogP contribution < -0.4 is 5.32 Å². The minimum atomic E-state index is -0.985. The number of benzene rings is 1. The maximum Gasteiger partial charge on any atom is 0.306 e. The summed E-state index contributed by atoms with van der Waals surface area (Å²) in [5.41, 5.74) is 1.51. The summed E-state index contributed by atoms with van der Waals surface area (Å²) in [5, 5.41) is 11.3. The van der Waals surface area contributed by atoms with Gasteiger partial charge in [-0.1, -0.05) is 12.1 Å².